The summed E-state index contributed by atoms with van der Waals surface area (Å²) in [5.41, 5.74) is 5.57. The molecule has 12 heteroatoms. The number of aliphatic hydroxyl groups is 1. The van der Waals surface area contributed by atoms with Gasteiger partial charge >= 0.3 is 12.1 Å². The molecule has 0 spiro atoms. The number of benzene rings is 1. The lowest BCUT2D eigenvalue weighted by Crippen LogP contribution is -2.39. The number of primary amides is 1. The molecule has 11 nitrogen and oxygen atoms in total. The summed E-state index contributed by atoms with van der Waals surface area (Å²) in [4.78, 5) is 47.5. The quantitative estimate of drug-likeness (QED) is 0.482. The van der Waals surface area contributed by atoms with E-state index in [2.05, 4.69) is 0 Å². The zero-order valence-electron chi connectivity index (χ0n) is 15.7. The number of nitrogens with zero attached hydrogens (tertiary/aromatic N) is 3. The van der Waals surface area contributed by atoms with Crippen LogP contribution in [-0.4, -0.2) is 75.1 Å². The van der Waals surface area contributed by atoms with E-state index >= 15 is 0 Å². The van der Waals surface area contributed by atoms with E-state index in [0.717, 1.165) is 4.90 Å². The summed E-state index contributed by atoms with van der Waals surface area (Å²) in [7, 11) is 1.28. The number of aliphatic hydroxyl groups excluding tert-OH is 1. The van der Waals surface area contributed by atoms with Crippen molar-refractivity contribution < 1.29 is 29.2 Å². The summed E-state index contributed by atoms with van der Waals surface area (Å²) in [5, 5.41) is 20.6. The number of non-ortho nitro benzene ring substituents is 1. The standard InChI is InChI=1S/C17H22N4O7S/c1-19(16(18)24)15(23)10-29-9-13-6-14(22)7-20(13)17(25)28-8-11-2-4-12(5-3-11)21(26)27/h2-5,13-14,22H,6-10H2,1H3,(H2,18,24)/t13-,14-/m0/s1. The predicted octanol–water partition coefficient (Wildman–Crippen LogP) is 0.937. The molecule has 0 radical (unpaired) electrons. The van der Waals surface area contributed by atoms with Crippen molar-refractivity contribution in [2.24, 2.45) is 5.73 Å². The van der Waals surface area contributed by atoms with E-state index in [1.165, 1.54) is 48.0 Å². The Hall–Kier alpha value is -2.86. The van der Waals surface area contributed by atoms with Gasteiger partial charge in [-0.2, -0.15) is 0 Å². The van der Waals surface area contributed by atoms with Crippen LogP contribution in [0.1, 0.15) is 12.0 Å². The van der Waals surface area contributed by atoms with Crippen LogP contribution < -0.4 is 5.73 Å². The molecule has 1 saturated heterocycles. The molecule has 1 aliphatic heterocycles. The van der Waals surface area contributed by atoms with Gasteiger partial charge in [0, 0.05) is 31.0 Å². The molecule has 4 amide bonds. The normalized spacial score (nSPS) is 18.3. The van der Waals surface area contributed by atoms with Crippen LogP contribution in [0.4, 0.5) is 15.3 Å². The van der Waals surface area contributed by atoms with Crippen molar-refractivity contribution in [1.29, 1.82) is 0 Å². The lowest BCUT2D eigenvalue weighted by molar-refractivity contribution is -0.384. The van der Waals surface area contributed by atoms with Gasteiger partial charge in [-0.3, -0.25) is 19.8 Å². The average Bonchev–Trinajstić information content (AvgIpc) is 3.06. The highest BCUT2D eigenvalue weighted by Crippen LogP contribution is 2.23. The van der Waals surface area contributed by atoms with Crippen LogP contribution in [0.15, 0.2) is 24.3 Å². The Bertz CT molecular complexity index is 774. The summed E-state index contributed by atoms with van der Waals surface area (Å²) >= 11 is 1.22. The molecular formula is C17H22N4O7S. The highest BCUT2D eigenvalue weighted by atomic mass is 32.2. The molecule has 3 N–H and O–H groups in total. The van der Waals surface area contributed by atoms with Gasteiger partial charge in [-0.05, 0) is 24.1 Å². The van der Waals surface area contributed by atoms with Gasteiger partial charge in [-0.15, -0.1) is 11.8 Å². The molecule has 2 atom stereocenters. The van der Waals surface area contributed by atoms with Gasteiger partial charge in [0.05, 0.1) is 23.3 Å². The van der Waals surface area contributed by atoms with Crippen LogP contribution >= 0.6 is 11.8 Å². The summed E-state index contributed by atoms with van der Waals surface area (Å²) in [6, 6.07) is 4.47. The Kier molecular flexibility index (Phi) is 7.79. The molecule has 0 unspecified atom stereocenters. The number of nitro benzene ring substituents is 1. The number of imide groups is 1. The zero-order valence-corrected chi connectivity index (χ0v) is 16.5. The van der Waals surface area contributed by atoms with Gasteiger partial charge in [0.1, 0.15) is 6.61 Å². The maximum Gasteiger partial charge on any atom is 0.410 e. The van der Waals surface area contributed by atoms with Crippen molar-refractivity contribution in [3.8, 4) is 0 Å². The number of likely N-dealkylation sites (tertiary alicyclic amines) is 1. The Morgan fingerprint density at radius 2 is 2.03 bits per heavy atom. The van der Waals surface area contributed by atoms with Gasteiger partial charge in [0.15, 0.2) is 0 Å². The fourth-order valence-electron chi connectivity index (χ4n) is 2.72. The van der Waals surface area contributed by atoms with Crippen LogP contribution in [-0.2, 0) is 16.1 Å². The largest absolute Gasteiger partial charge is 0.445 e. The number of ether oxygens (including phenoxy) is 1. The van der Waals surface area contributed by atoms with Crippen LogP contribution in [0, 0.1) is 10.1 Å². The first-order valence-electron chi connectivity index (χ1n) is 8.67. The molecule has 1 aromatic rings. The van der Waals surface area contributed by atoms with Gasteiger partial charge in [-0.25, -0.2) is 9.59 Å². The number of nitro groups is 1. The zero-order chi connectivity index (χ0) is 21.6. The number of hydrogen-bond acceptors (Lipinski definition) is 8. The number of amides is 4. The van der Waals surface area contributed by atoms with Crippen molar-refractivity contribution in [3.63, 3.8) is 0 Å². The van der Waals surface area contributed by atoms with Gasteiger partial charge in [0.2, 0.25) is 5.91 Å². The minimum absolute atomic E-state index is 0.0116. The van der Waals surface area contributed by atoms with E-state index in [0.29, 0.717) is 17.7 Å². The Balaban J connectivity index is 1.85. The lowest BCUT2D eigenvalue weighted by Gasteiger charge is -2.23. The molecule has 0 bridgehead atoms. The highest BCUT2D eigenvalue weighted by Gasteiger charge is 2.35. The second-order valence-electron chi connectivity index (χ2n) is 6.48. The Labute approximate surface area is 170 Å². The van der Waals surface area contributed by atoms with Crippen LogP contribution in [0.25, 0.3) is 0 Å². The van der Waals surface area contributed by atoms with Crippen molar-refractivity contribution >= 4 is 35.5 Å². The van der Waals surface area contributed by atoms with Crippen LogP contribution in [0.3, 0.4) is 0 Å². The lowest BCUT2D eigenvalue weighted by atomic mass is 10.2. The Morgan fingerprint density at radius 3 is 2.62 bits per heavy atom. The molecule has 2 rings (SSSR count). The number of β-amino-alcohol motifs (C(OH)–C–C–N with tert-alkyl or cyclic N) is 1. The SMILES string of the molecule is CN(C(N)=O)C(=O)CSC[C@@H]1C[C@H](O)CN1C(=O)OCc1ccc([N+](=O)[O-])cc1. The predicted molar refractivity (Wildman–Crippen MR) is 104 cm³/mol. The van der Waals surface area contributed by atoms with Gasteiger partial charge in [-0.1, -0.05) is 0 Å². The van der Waals surface area contributed by atoms with Crippen molar-refractivity contribution in [2.75, 3.05) is 25.1 Å². The van der Waals surface area contributed by atoms with Crippen LogP contribution in [0.5, 0.6) is 0 Å². The molecule has 1 heterocycles. The first kappa shape index (κ1) is 22.4. The number of hydrogen-bond donors (Lipinski definition) is 2. The Morgan fingerprint density at radius 1 is 1.38 bits per heavy atom. The van der Waals surface area contributed by atoms with Gasteiger partial charge < -0.3 is 20.5 Å². The summed E-state index contributed by atoms with van der Waals surface area (Å²) in [6.07, 6.45) is -0.970. The number of carbonyl (C=O) groups is 3. The molecule has 1 aromatic carbocycles. The van der Waals surface area contributed by atoms with Crippen LogP contribution in [0.2, 0.25) is 0 Å². The van der Waals surface area contributed by atoms with E-state index < -0.39 is 29.1 Å². The number of urea groups is 1. The monoisotopic (exact) mass is 426 g/mol. The summed E-state index contributed by atoms with van der Waals surface area (Å²) in [5.74, 6) is -0.0620. The second kappa shape index (κ2) is 10.1. The maximum atomic E-state index is 12.4. The van der Waals surface area contributed by atoms with E-state index in [1.54, 1.807) is 0 Å². The van der Waals surface area contributed by atoms with E-state index in [9.17, 15) is 29.6 Å². The van der Waals surface area contributed by atoms with E-state index in [-0.39, 0.29) is 30.6 Å². The molecule has 1 aliphatic rings. The van der Waals surface area contributed by atoms with E-state index in [4.69, 9.17) is 10.5 Å². The first-order valence-corrected chi connectivity index (χ1v) is 9.83. The third-order valence-electron chi connectivity index (χ3n) is 4.38. The highest BCUT2D eigenvalue weighted by molar-refractivity contribution is 8.00. The van der Waals surface area contributed by atoms with Crippen molar-refractivity contribution in [3.05, 3.63) is 39.9 Å². The topological polar surface area (TPSA) is 156 Å². The summed E-state index contributed by atoms with van der Waals surface area (Å²) in [6.45, 7) is 0.0463. The first-order chi connectivity index (χ1) is 13.7. The second-order valence-corrected chi connectivity index (χ2v) is 7.51. The molecule has 0 aliphatic carbocycles. The third kappa shape index (κ3) is 6.32. The van der Waals surface area contributed by atoms with Gasteiger partial charge in [0.25, 0.3) is 5.69 Å². The summed E-state index contributed by atoms with van der Waals surface area (Å²) < 4.78 is 5.25. The van der Waals surface area contributed by atoms with Crippen molar-refractivity contribution in [2.45, 2.75) is 25.2 Å². The average molecular weight is 426 g/mol. The van der Waals surface area contributed by atoms with Crippen molar-refractivity contribution in [1.82, 2.24) is 9.80 Å². The smallest absolute Gasteiger partial charge is 0.410 e. The number of carbonyl (C=O) groups excluding carboxylic acids is 3. The maximum absolute atomic E-state index is 12.4. The molecule has 29 heavy (non-hydrogen) atoms. The fourth-order valence-corrected chi connectivity index (χ4v) is 3.79. The molecule has 0 aromatic heterocycles. The molecule has 1 fully saturated rings. The third-order valence-corrected chi connectivity index (χ3v) is 5.45. The number of thioether (sulfide) groups is 1. The fraction of sp³-hybridized carbons (Fsp3) is 0.471. The van der Waals surface area contributed by atoms with E-state index in [1.807, 2.05) is 0 Å². The number of nitrogens with two attached hydrogens (primary N) is 1. The number of rotatable bonds is 7. The molecule has 158 valence electrons. The molecule has 0 saturated carbocycles. The molecular weight excluding hydrogens is 404 g/mol. The minimum atomic E-state index is -0.844. The minimum Gasteiger partial charge on any atom is -0.445 e.